The van der Waals surface area contributed by atoms with Gasteiger partial charge < -0.3 is 9.64 Å². The minimum absolute atomic E-state index is 0.279. The van der Waals surface area contributed by atoms with Gasteiger partial charge in [-0.25, -0.2) is 0 Å². The fraction of sp³-hybridized carbons (Fsp3) is 0.933. The van der Waals surface area contributed by atoms with Crippen LogP contribution in [0.3, 0.4) is 0 Å². The highest BCUT2D eigenvalue weighted by atomic mass is 16.5. The van der Waals surface area contributed by atoms with Crippen molar-refractivity contribution in [2.45, 2.75) is 64.6 Å². The molecule has 2 fully saturated rings. The van der Waals surface area contributed by atoms with Crippen molar-refractivity contribution >= 4 is 5.91 Å². The summed E-state index contributed by atoms with van der Waals surface area (Å²) in [6.45, 7) is 6.34. The van der Waals surface area contributed by atoms with Crippen LogP contribution in [0.4, 0.5) is 0 Å². The summed E-state index contributed by atoms with van der Waals surface area (Å²) in [6.07, 6.45) is 7.90. The Labute approximate surface area is 116 Å². The van der Waals surface area contributed by atoms with Gasteiger partial charge in [0.25, 0.3) is 0 Å². The van der Waals surface area contributed by atoms with Crippen molar-refractivity contribution < 1.29 is 9.53 Å². The molecule has 0 aromatic carbocycles. The number of nitrogens with one attached hydrogen (secondary N) is 1. The van der Waals surface area contributed by atoms with Gasteiger partial charge in [0.15, 0.2) is 0 Å². The fourth-order valence-electron chi connectivity index (χ4n) is 3.22. The minimum atomic E-state index is 0.279. The molecule has 1 saturated carbocycles. The number of ether oxygens (including phenoxy) is 1. The molecule has 1 N–H and O–H groups in total. The molecular weight excluding hydrogens is 240 g/mol. The Morgan fingerprint density at radius 2 is 2.05 bits per heavy atom. The van der Waals surface area contributed by atoms with Gasteiger partial charge in [-0.05, 0) is 45.4 Å². The third-order valence-corrected chi connectivity index (χ3v) is 4.21. The highest BCUT2D eigenvalue weighted by Gasteiger charge is 2.36. The third-order valence-electron chi connectivity index (χ3n) is 4.21. The minimum Gasteiger partial charge on any atom is -0.379 e. The quantitative estimate of drug-likeness (QED) is 0.719. The molecule has 0 bridgehead atoms. The fourth-order valence-corrected chi connectivity index (χ4v) is 3.22. The van der Waals surface area contributed by atoms with Gasteiger partial charge in [0.05, 0.1) is 18.8 Å². The van der Waals surface area contributed by atoms with Crippen LogP contribution in [0.25, 0.3) is 0 Å². The molecule has 1 saturated heterocycles. The van der Waals surface area contributed by atoms with Gasteiger partial charge in [-0.1, -0.05) is 12.8 Å². The average molecular weight is 268 g/mol. The second-order valence-corrected chi connectivity index (χ2v) is 6.08. The highest BCUT2D eigenvalue weighted by molar-refractivity contribution is 5.80. The summed E-state index contributed by atoms with van der Waals surface area (Å²) < 4.78 is 5.54. The van der Waals surface area contributed by atoms with Gasteiger partial charge in [-0.3, -0.25) is 10.1 Å². The van der Waals surface area contributed by atoms with Crippen LogP contribution in [-0.2, 0) is 9.53 Å². The lowest BCUT2D eigenvalue weighted by molar-refractivity contribution is -0.128. The first-order valence-corrected chi connectivity index (χ1v) is 7.83. The summed E-state index contributed by atoms with van der Waals surface area (Å²) in [6, 6.07) is 0. The molecule has 110 valence electrons. The molecule has 0 radical (unpaired) electrons. The molecule has 2 aliphatic rings. The zero-order valence-corrected chi connectivity index (χ0v) is 12.4. The van der Waals surface area contributed by atoms with Crippen LogP contribution < -0.4 is 5.32 Å². The molecule has 2 rings (SSSR count). The first kappa shape index (κ1) is 14.8. The number of hydrogen-bond donors (Lipinski definition) is 1. The molecule has 1 amide bonds. The van der Waals surface area contributed by atoms with Crippen LogP contribution >= 0.6 is 0 Å². The predicted octanol–water partition coefficient (Wildman–Crippen LogP) is 2.14. The lowest BCUT2D eigenvalue weighted by Crippen LogP contribution is -2.42. The average Bonchev–Trinajstić information content (AvgIpc) is 2.98. The van der Waals surface area contributed by atoms with Gasteiger partial charge >= 0.3 is 0 Å². The molecule has 4 nitrogen and oxygen atoms in total. The summed E-state index contributed by atoms with van der Waals surface area (Å²) in [5, 5.41) is 3.40. The molecule has 1 heterocycles. The van der Waals surface area contributed by atoms with E-state index < -0.39 is 0 Å². The molecule has 1 aliphatic carbocycles. The van der Waals surface area contributed by atoms with Crippen molar-refractivity contribution in [1.82, 2.24) is 10.2 Å². The van der Waals surface area contributed by atoms with Gasteiger partial charge in [-0.2, -0.15) is 0 Å². The smallest absolute Gasteiger partial charge is 0.237 e. The molecule has 19 heavy (non-hydrogen) atoms. The van der Waals surface area contributed by atoms with Gasteiger partial charge in [-0.15, -0.1) is 0 Å². The summed E-state index contributed by atoms with van der Waals surface area (Å²) in [4.78, 5) is 14.0. The normalized spacial score (nSPS) is 24.9. The van der Waals surface area contributed by atoms with Crippen molar-refractivity contribution in [2.24, 2.45) is 5.92 Å². The van der Waals surface area contributed by atoms with Gasteiger partial charge in [0.1, 0.15) is 0 Å². The Kier molecular flexibility index (Phi) is 5.64. The lowest BCUT2D eigenvalue weighted by atomic mass is 10.0. The monoisotopic (exact) mass is 268 g/mol. The molecule has 0 aromatic rings. The second-order valence-electron chi connectivity index (χ2n) is 6.08. The van der Waals surface area contributed by atoms with E-state index in [-0.39, 0.29) is 5.91 Å². The Balaban J connectivity index is 1.71. The maximum atomic E-state index is 11.9. The number of nitrogens with zero attached hydrogens (tertiary/aromatic N) is 1. The first-order valence-electron chi connectivity index (χ1n) is 7.83. The predicted molar refractivity (Wildman–Crippen MR) is 75.8 cm³/mol. The number of unbranched alkanes of at least 4 members (excludes halogenated alkanes) is 1. The SMILES string of the molecule is CC(C)OCCCCN1C(=O)CNC1C1CCCC1. The Morgan fingerprint density at radius 3 is 2.74 bits per heavy atom. The van der Waals surface area contributed by atoms with E-state index in [1.165, 1.54) is 25.7 Å². The van der Waals surface area contributed by atoms with E-state index in [1.807, 2.05) is 0 Å². The summed E-state index contributed by atoms with van der Waals surface area (Å²) >= 11 is 0. The molecule has 0 aromatic heterocycles. The summed E-state index contributed by atoms with van der Waals surface area (Å²) in [7, 11) is 0. The largest absolute Gasteiger partial charge is 0.379 e. The number of rotatable bonds is 7. The van der Waals surface area contributed by atoms with E-state index in [4.69, 9.17) is 4.74 Å². The topological polar surface area (TPSA) is 41.6 Å². The maximum absolute atomic E-state index is 11.9. The van der Waals surface area contributed by atoms with E-state index in [0.717, 1.165) is 26.0 Å². The zero-order valence-electron chi connectivity index (χ0n) is 12.4. The molecule has 0 spiro atoms. The zero-order chi connectivity index (χ0) is 13.7. The van der Waals surface area contributed by atoms with Crippen LogP contribution in [0.5, 0.6) is 0 Å². The maximum Gasteiger partial charge on any atom is 0.237 e. The first-order chi connectivity index (χ1) is 9.18. The van der Waals surface area contributed by atoms with Crippen molar-refractivity contribution in [3.05, 3.63) is 0 Å². The Bertz CT molecular complexity index is 288. The van der Waals surface area contributed by atoms with E-state index in [2.05, 4.69) is 24.1 Å². The molecular formula is C15H28N2O2. The van der Waals surface area contributed by atoms with E-state index in [9.17, 15) is 4.79 Å². The van der Waals surface area contributed by atoms with E-state index in [0.29, 0.717) is 24.7 Å². The standard InChI is InChI=1S/C15H28N2O2/c1-12(2)19-10-6-5-9-17-14(18)11-16-15(17)13-7-3-4-8-13/h12-13,15-16H,3-11H2,1-2H3. The molecule has 1 unspecified atom stereocenters. The van der Waals surface area contributed by atoms with E-state index in [1.54, 1.807) is 0 Å². The second kappa shape index (κ2) is 7.25. The van der Waals surface area contributed by atoms with Crippen LogP contribution in [0.1, 0.15) is 52.4 Å². The van der Waals surface area contributed by atoms with Gasteiger partial charge in [0.2, 0.25) is 5.91 Å². The van der Waals surface area contributed by atoms with E-state index >= 15 is 0 Å². The third kappa shape index (κ3) is 4.18. The van der Waals surface area contributed by atoms with Crippen LogP contribution in [0.15, 0.2) is 0 Å². The van der Waals surface area contributed by atoms with Crippen molar-refractivity contribution in [3.8, 4) is 0 Å². The number of hydrogen-bond acceptors (Lipinski definition) is 3. The number of carbonyl (C=O) groups is 1. The number of amides is 1. The molecule has 1 atom stereocenters. The van der Waals surface area contributed by atoms with Crippen molar-refractivity contribution in [1.29, 1.82) is 0 Å². The number of carbonyl (C=O) groups excluding carboxylic acids is 1. The molecule has 1 aliphatic heterocycles. The molecule has 4 heteroatoms. The lowest BCUT2D eigenvalue weighted by Gasteiger charge is -2.29. The van der Waals surface area contributed by atoms with Crippen LogP contribution in [0.2, 0.25) is 0 Å². The highest BCUT2D eigenvalue weighted by Crippen LogP contribution is 2.30. The van der Waals surface area contributed by atoms with Crippen LogP contribution in [-0.4, -0.2) is 42.8 Å². The summed E-state index contributed by atoms with van der Waals surface area (Å²) in [5.41, 5.74) is 0. The van der Waals surface area contributed by atoms with Crippen molar-refractivity contribution in [3.63, 3.8) is 0 Å². The summed E-state index contributed by atoms with van der Waals surface area (Å²) in [5.74, 6) is 0.958. The Hall–Kier alpha value is -0.610. The van der Waals surface area contributed by atoms with Gasteiger partial charge in [0, 0.05) is 13.2 Å². The van der Waals surface area contributed by atoms with Crippen LogP contribution in [0, 0.1) is 5.92 Å². The Morgan fingerprint density at radius 1 is 1.32 bits per heavy atom. The van der Waals surface area contributed by atoms with Crippen molar-refractivity contribution in [2.75, 3.05) is 19.7 Å².